The summed E-state index contributed by atoms with van der Waals surface area (Å²) in [6.45, 7) is 4.30. The minimum absolute atomic E-state index is 0.326. The lowest BCUT2D eigenvalue weighted by atomic mass is 10.0. The quantitative estimate of drug-likeness (QED) is 0.909. The van der Waals surface area contributed by atoms with E-state index in [9.17, 15) is 9.50 Å². The first-order valence-corrected chi connectivity index (χ1v) is 6.63. The molecule has 1 aromatic heterocycles. The third-order valence-corrected chi connectivity index (χ3v) is 3.03. The van der Waals surface area contributed by atoms with Crippen molar-refractivity contribution >= 4 is 0 Å². The van der Waals surface area contributed by atoms with Crippen molar-refractivity contribution in [3.05, 3.63) is 59.2 Å². The molecule has 0 aliphatic rings. The van der Waals surface area contributed by atoms with Gasteiger partial charge in [-0.05, 0) is 36.6 Å². The number of pyridine rings is 1. The number of hydrogen-bond donors (Lipinski definition) is 1. The number of aliphatic hydroxyl groups excluding tert-OH is 1. The minimum Gasteiger partial charge on any atom is -0.492 e. The molecule has 1 atom stereocenters. The van der Waals surface area contributed by atoms with Crippen molar-refractivity contribution in [2.75, 3.05) is 6.61 Å². The molecule has 0 bridgehead atoms. The zero-order valence-electron chi connectivity index (χ0n) is 11.6. The molecular formula is C16H18FNO2. The van der Waals surface area contributed by atoms with E-state index in [-0.39, 0.29) is 5.82 Å². The molecule has 0 radical (unpaired) electrons. The number of aromatic nitrogens is 1. The first-order valence-electron chi connectivity index (χ1n) is 6.63. The van der Waals surface area contributed by atoms with Gasteiger partial charge in [0.15, 0.2) is 0 Å². The van der Waals surface area contributed by atoms with E-state index in [0.717, 1.165) is 6.42 Å². The van der Waals surface area contributed by atoms with Crippen LogP contribution in [0.2, 0.25) is 0 Å². The van der Waals surface area contributed by atoms with Crippen molar-refractivity contribution in [1.29, 1.82) is 0 Å². The van der Waals surface area contributed by atoms with Crippen molar-refractivity contribution in [3.8, 4) is 5.75 Å². The van der Waals surface area contributed by atoms with Crippen LogP contribution in [-0.4, -0.2) is 16.7 Å². The fourth-order valence-corrected chi connectivity index (χ4v) is 1.86. The zero-order valence-corrected chi connectivity index (χ0v) is 11.6. The molecule has 2 rings (SSSR count). The van der Waals surface area contributed by atoms with E-state index in [1.54, 1.807) is 37.5 Å². The molecule has 1 aromatic carbocycles. The molecule has 0 fully saturated rings. The molecule has 0 aliphatic heterocycles. The number of rotatable bonds is 5. The van der Waals surface area contributed by atoms with E-state index in [4.69, 9.17) is 4.74 Å². The highest BCUT2D eigenvalue weighted by Gasteiger charge is 2.13. The Kier molecular flexibility index (Phi) is 4.69. The van der Waals surface area contributed by atoms with Gasteiger partial charge >= 0.3 is 0 Å². The number of halogens is 1. The molecule has 0 saturated carbocycles. The van der Waals surface area contributed by atoms with Gasteiger partial charge < -0.3 is 9.84 Å². The van der Waals surface area contributed by atoms with Crippen LogP contribution in [0.1, 0.15) is 36.1 Å². The Morgan fingerprint density at radius 3 is 2.75 bits per heavy atom. The van der Waals surface area contributed by atoms with E-state index in [0.29, 0.717) is 29.0 Å². The molecular weight excluding hydrogens is 257 g/mol. The summed E-state index contributed by atoms with van der Waals surface area (Å²) in [5.74, 6) is 0.281. The van der Waals surface area contributed by atoms with Crippen LogP contribution in [0.25, 0.3) is 0 Å². The predicted octanol–water partition coefficient (Wildman–Crippen LogP) is 3.40. The van der Waals surface area contributed by atoms with Gasteiger partial charge in [0.25, 0.3) is 0 Å². The molecule has 0 aliphatic carbocycles. The summed E-state index contributed by atoms with van der Waals surface area (Å²) >= 11 is 0. The highest BCUT2D eigenvalue weighted by atomic mass is 19.1. The lowest BCUT2D eigenvalue weighted by Crippen LogP contribution is -2.03. The molecule has 2 aromatic rings. The van der Waals surface area contributed by atoms with Gasteiger partial charge in [-0.3, -0.25) is 4.98 Å². The molecule has 1 heterocycles. The Morgan fingerprint density at radius 1 is 1.25 bits per heavy atom. The van der Waals surface area contributed by atoms with Gasteiger partial charge in [0.2, 0.25) is 0 Å². The molecule has 4 heteroatoms. The van der Waals surface area contributed by atoms with E-state index in [1.165, 1.54) is 6.07 Å². The topological polar surface area (TPSA) is 42.4 Å². The molecule has 0 saturated heterocycles. The van der Waals surface area contributed by atoms with Gasteiger partial charge in [-0.15, -0.1) is 0 Å². The number of aliphatic hydroxyl groups is 1. The highest BCUT2D eigenvalue weighted by Crippen LogP contribution is 2.25. The van der Waals surface area contributed by atoms with E-state index in [1.807, 2.05) is 6.92 Å². The van der Waals surface area contributed by atoms with Crippen LogP contribution in [0.4, 0.5) is 4.39 Å². The molecule has 3 nitrogen and oxygen atoms in total. The first kappa shape index (κ1) is 14.5. The second-order valence-corrected chi connectivity index (χ2v) is 4.71. The van der Waals surface area contributed by atoms with E-state index < -0.39 is 6.10 Å². The third kappa shape index (κ3) is 3.33. The Labute approximate surface area is 118 Å². The predicted molar refractivity (Wildman–Crippen MR) is 75.2 cm³/mol. The molecule has 106 valence electrons. The Hall–Kier alpha value is -1.94. The maximum atomic E-state index is 13.5. The van der Waals surface area contributed by atoms with Crippen molar-refractivity contribution in [2.45, 2.75) is 26.4 Å². The zero-order chi connectivity index (χ0) is 14.5. The van der Waals surface area contributed by atoms with Crippen molar-refractivity contribution in [2.24, 2.45) is 0 Å². The monoisotopic (exact) mass is 275 g/mol. The second kappa shape index (κ2) is 6.48. The van der Waals surface area contributed by atoms with Crippen molar-refractivity contribution < 1.29 is 14.2 Å². The second-order valence-electron chi connectivity index (χ2n) is 4.71. The van der Waals surface area contributed by atoms with Crippen LogP contribution in [-0.2, 0) is 0 Å². The Morgan fingerprint density at radius 2 is 2.05 bits per heavy atom. The van der Waals surface area contributed by atoms with Crippen molar-refractivity contribution in [1.82, 2.24) is 4.98 Å². The van der Waals surface area contributed by atoms with E-state index in [2.05, 4.69) is 4.98 Å². The Balaban J connectivity index is 2.23. The number of benzene rings is 1. The molecule has 20 heavy (non-hydrogen) atoms. The van der Waals surface area contributed by atoms with Gasteiger partial charge in [-0.25, -0.2) is 4.39 Å². The van der Waals surface area contributed by atoms with Crippen molar-refractivity contribution in [3.63, 3.8) is 0 Å². The summed E-state index contributed by atoms with van der Waals surface area (Å²) in [7, 11) is 0. The lowest BCUT2D eigenvalue weighted by molar-refractivity contribution is 0.218. The minimum atomic E-state index is -0.914. The van der Waals surface area contributed by atoms with Crippen LogP contribution < -0.4 is 4.74 Å². The summed E-state index contributed by atoms with van der Waals surface area (Å²) < 4.78 is 19.0. The van der Waals surface area contributed by atoms with E-state index >= 15 is 0 Å². The average Bonchev–Trinajstić information content (AvgIpc) is 2.47. The summed E-state index contributed by atoms with van der Waals surface area (Å²) in [5.41, 5.74) is 1.64. The summed E-state index contributed by atoms with van der Waals surface area (Å²) in [5, 5.41) is 10.3. The van der Waals surface area contributed by atoms with Crippen LogP contribution in [0, 0.1) is 12.7 Å². The van der Waals surface area contributed by atoms with Crippen LogP contribution in [0.15, 0.2) is 36.7 Å². The molecule has 1 N–H and O–H groups in total. The summed E-state index contributed by atoms with van der Waals surface area (Å²) in [4.78, 5) is 4.05. The number of hydrogen-bond acceptors (Lipinski definition) is 3. The average molecular weight is 275 g/mol. The van der Waals surface area contributed by atoms with Crippen LogP contribution >= 0.6 is 0 Å². The van der Waals surface area contributed by atoms with Crippen LogP contribution in [0.5, 0.6) is 5.75 Å². The maximum Gasteiger partial charge on any atom is 0.137 e. The third-order valence-electron chi connectivity index (χ3n) is 3.03. The fraction of sp³-hybridized carbons (Fsp3) is 0.312. The largest absolute Gasteiger partial charge is 0.492 e. The maximum absolute atomic E-state index is 13.5. The smallest absolute Gasteiger partial charge is 0.137 e. The standard InChI is InChI=1S/C16H18FNO2/c1-3-6-20-14-7-13(9-18-10-14)16(19)12-5-4-11(2)15(17)8-12/h4-5,7-10,16,19H,3,6H2,1-2H3. The van der Waals surface area contributed by atoms with Gasteiger partial charge in [-0.1, -0.05) is 19.1 Å². The lowest BCUT2D eigenvalue weighted by Gasteiger charge is -2.13. The first-order chi connectivity index (χ1) is 9.61. The highest BCUT2D eigenvalue weighted by molar-refractivity contribution is 5.34. The van der Waals surface area contributed by atoms with Gasteiger partial charge in [0.05, 0.1) is 12.8 Å². The van der Waals surface area contributed by atoms with Gasteiger partial charge in [0, 0.05) is 11.8 Å². The van der Waals surface area contributed by atoms with Crippen LogP contribution in [0.3, 0.4) is 0 Å². The molecule has 0 spiro atoms. The number of aryl methyl sites for hydroxylation is 1. The fourth-order valence-electron chi connectivity index (χ4n) is 1.86. The van der Waals surface area contributed by atoms with Gasteiger partial charge in [-0.2, -0.15) is 0 Å². The van der Waals surface area contributed by atoms with Gasteiger partial charge in [0.1, 0.15) is 17.7 Å². The number of ether oxygens (including phenoxy) is 1. The normalized spacial score (nSPS) is 12.2. The SMILES string of the molecule is CCCOc1cncc(C(O)c2ccc(C)c(F)c2)c1. The number of nitrogens with zero attached hydrogens (tertiary/aromatic N) is 1. The molecule has 1 unspecified atom stereocenters. The summed E-state index contributed by atoms with van der Waals surface area (Å²) in [6, 6.07) is 6.44. The summed E-state index contributed by atoms with van der Waals surface area (Å²) in [6.07, 6.45) is 3.14. The molecule has 0 amide bonds. The Bertz CT molecular complexity index is 586.